The molecule has 1 fully saturated rings. The molecular weight excluding hydrogens is 266 g/mol. The summed E-state index contributed by atoms with van der Waals surface area (Å²) in [6.07, 6.45) is -1.02. The molecule has 0 radical (unpaired) electrons. The van der Waals surface area contributed by atoms with Gasteiger partial charge in [0.25, 0.3) is 5.56 Å². The molecule has 0 aliphatic carbocycles. The Morgan fingerprint density at radius 2 is 2.22 bits per heavy atom. The molecule has 0 aromatic carbocycles. The Labute approximate surface area is 107 Å². The maximum atomic E-state index is 11.5. The first-order valence-electron chi connectivity index (χ1n) is 5.08. The van der Waals surface area contributed by atoms with Gasteiger partial charge in [0, 0.05) is 12.6 Å². The molecule has 0 spiro atoms. The van der Waals surface area contributed by atoms with E-state index in [1.165, 1.54) is 0 Å². The van der Waals surface area contributed by atoms with E-state index in [4.69, 9.17) is 15.6 Å². The minimum atomic E-state index is -0.856. The van der Waals surface area contributed by atoms with E-state index in [1.807, 2.05) is 4.98 Å². The Morgan fingerprint density at radius 1 is 1.56 bits per heavy atom. The van der Waals surface area contributed by atoms with E-state index in [0.29, 0.717) is 0 Å². The molecule has 1 aliphatic heterocycles. The van der Waals surface area contributed by atoms with Crippen LogP contribution in [0.25, 0.3) is 0 Å². The van der Waals surface area contributed by atoms with Crippen molar-refractivity contribution in [1.82, 2.24) is 9.55 Å². The standard InChI is InChI=1S/C9H13N3O5.ClH/c10-4-2-12(9(16)11-8(4)15)7-1-5(14)6(3-13)17-7;/h2,5-7,13-14H,1,3,10H2,(H,11,15,16);1H/t5-,6-,7-;/m1./s1. The van der Waals surface area contributed by atoms with E-state index in [1.54, 1.807) is 0 Å². The lowest BCUT2D eigenvalue weighted by Gasteiger charge is -2.14. The van der Waals surface area contributed by atoms with Crippen molar-refractivity contribution in [2.45, 2.75) is 24.9 Å². The number of H-pyrrole nitrogens is 1. The Bertz CT molecular complexity index is 528. The smallest absolute Gasteiger partial charge is 0.330 e. The first kappa shape index (κ1) is 14.7. The number of anilines is 1. The number of nitrogens with two attached hydrogens (primary N) is 1. The predicted molar refractivity (Wildman–Crippen MR) is 64.6 cm³/mol. The average Bonchev–Trinajstić information content (AvgIpc) is 2.65. The number of nitrogen functional groups attached to an aromatic ring is 1. The normalized spacial score (nSPS) is 26.9. The van der Waals surface area contributed by atoms with Gasteiger partial charge in [-0.05, 0) is 0 Å². The SMILES string of the molecule is Cl.Nc1cn([C@H]2C[C@@H](O)[C@@H](CO)O2)c(=O)[nH]c1=O. The lowest BCUT2D eigenvalue weighted by Crippen LogP contribution is -2.33. The van der Waals surface area contributed by atoms with Crippen molar-refractivity contribution in [2.75, 3.05) is 12.3 Å². The highest BCUT2D eigenvalue weighted by Gasteiger charge is 2.34. The molecule has 0 bridgehead atoms. The lowest BCUT2D eigenvalue weighted by molar-refractivity contribution is -0.0458. The Kier molecular flexibility index (Phi) is 4.52. The van der Waals surface area contributed by atoms with Crippen molar-refractivity contribution in [1.29, 1.82) is 0 Å². The van der Waals surface area contributed by atoms with Crippen molar-refractivity contribution in [2.24, 2.45) is 0 Å². The zero-order valence-electron chi connectivity index (χ0n) is 9.28. The fourth-order valence-electron chi connectivity index (χ4n) is 1.77. The summed E-state index contributed by atoms with van der Waals surface area (Å²) >= 11 is 0. The Morgan fingerprint density at radius 3 is 2.78 bits per heavy atom. The Hall–Kier alpha value is -1.35. The molecule has 2 rings (SSSR count). The quantitative estimate of drug-likeness (QED) is 0.504. The van der Waals surface area contributed by atoms with Gasteiger partial charge in [-0.1, -0.05) is 0 Å². The average molecular weight is 280 g/mol. The van der Waals surface area contributed by atoms with Crippen LogP contribution in [0.2, 0.25) is 0 Å². The van der Waals surface area contributed by atoms with Crippen LogP contribution in [0, 0.1) is 0 Å². The zero-order chi connectivity index (χ0) is 12.6. The van der Waals surface area contributed by atoms with E-state index >= 15 is 0 Å². The molecule has 9 heteroatoms. The second kappa shape index (κ2) is 5.53. The molecule has 1 saturated heterocycles. The number of hydrogen-bond acceptors (Lipinski definition) is 6. The highest BCUT2D eigenvalue weighted by molar-refractivity contribution is 5.85. The third kappa shape index (κ3) is 2.56. The number of aromatic amines is 1. The summed E-state index contributed by atoms with van der Waals surface area (Å²) in [7, 11) is 0. The number of nitrogens with zero attached hydrogens (tertiary/aromatic N) is 1. The van der Waals surface area contributed by atoms with Gasteiger partial charge in [-0.25, -0.2) is 4.79 Å². The van der Waals surface area contributed by atoms with E-state index in [-0.39, 0.29) is 31.1 Å². The third-order valence-corrected chi connectivity index (χ3v) is 2.69. The van der Waals surface area contributed by atoms with Crippen molar-refractivity contribution in [3.63, 3.8) is 0 Å². The van der Waals surface area contributed by atoms with Gasteiger partial charge < -0.3 is 20.7 Å². The minimum Gasteiger partial charge on any atom is -0.394 e. The van der Waals surface area contributed by atoms with E-state index in [2.05, 4.69) is 0 Å². The lowest BCUT2D eigenvalue weighted by atomic mass is 10.2. The predicted octanol–water partition coefficient (Wildman–Crippen LogP) is -1.82. The third-order valence-electron chi connectivity index (χ3n) is 2.69. The van der Waals surface area contributed by atoms with Gasteiger partial charge in [0.2, 0.25) is 0 Å². The summed E-state index contributed by atoms with van der Waals surface area (Å²) in [6, 6.07) is 0. The fraction of sp³-hybridized carbons (Fsp3) is 0.556. The Balaban J connectivity index is 0.00000162. The summed E-state index contributed by atoms with van der Waals surface area (Å²) in [5.74, 6) is 0. The zero-order valence-corrected chi connectivity index (χ0v) is 10.1. The van der Waals surface area contributed by atoms with Crippen molar-refractivity contribution >= 4 is 18.1 Å². The van der Waals surface area contributed by atoms with Gasteiger partial charge >= 0.3 is 5.69 Å². The van der Waals surface area contributed by atoms with Crippen LogP contribution < -0.4 is 17.0 Å². The van der Waals surface area contributed by atoms with E-state index in [0.717, 1.165) is 10.8 Å². The van der Waals surface area contributed by atoms with Crippen LogP contribution in [0.4, 0.5) is 5.69 Å². The first-order chi connectivity index (χ1) is 8.02. The molecule has 102 valence electrons. The van der Waals surface area contributed by atoms with E-state index in [9.17, 15) is 14.7 Å². The van der Waals surface area contributed by atoms with Crippen LogP contribution in [0.3, 0.4) is 0 Å². The summed E-state index contributed by atoms with van der Waals surface area (Å²) < 4.78 is 6.36. The monoisotopic (exact) mass is 279 g/mol. The van der Waals surface area contributed by atoms with Crippen LogP contribution in [0.5, 0.6) is 0 Å². The number of rotatable bonds is 2. The number of aliphatic hydroxyl groups excluding tert-OH is 2. The van der Waals surface area contributed by atoms with Crippen LogP contribution in [-0.2, 0) is 4.74 Å². The van der Waals surface area contributed by atoms with Gasteiger partial charge in [0.05, 0.1) is 12.7 Å². The topological polar surface area (TPSA) is 131 Å². The highest BCUT2D eigenvalue weighted by Crippen LogP contribution is 2.27. The number of aromatic nitrogens is 2. The summed E-state index contributed by atoms with van der Waals surface area (Å²) in [6.45, 7) is -0.342. The molecule has 18 heavy (non-hydrogen) atoms. The molecule has 2 heterocycles. The molecule has 0 saturated carbocycles. The molecule has 1 aromatic heterocycles. The molecule has 0 amide bonds. The first-order valence-corrected chi connectivity index (χ1v) is 5.08. The summed E-state index contributed by atoms with van der Waals surface area (Å²) in [5.41, 5.74) is 3.94. The van der Waals surface area contributed by atoms with Gasteiger partial charge in [-0.15, -0.1) is 12.4 Å². The minimum absolute atomic E-state index is 0. The number of hydrogen-bond donors (Lipinski definition) is 4. The molecule has 1 aromatic rings. The van der Waals surface area contributed by atoms with Crippen LogP contribution >= 0.6 is 12.4 Å². The maximum absolute atomic E-state index is 11.5. The molecule has 0 unspecified atom stereocenters. The highest BCUT2D eigenvalue weighted by atomic mass is 35.5. The van der Waals surface area contributed by atoms with Crippen molar-refractivity contribution in [3.8, 4) is 0 Å². The number of aliphatic hydroxyl groups is 2. The van der Waals surface area contributed by atoms with Crippen LogP contribution in [-0.4, -0.2) is 38.6 Å². The van der Waals surface area contributed by atoms with Gasteiger partial charge in [0.1, 0.15) is 18.0 Å². The molecule has 3 atom stereocenters. The second-order valence-corrected chi connectivity index (χ2v) is 3.87. The largest absolute Gasteiger partial charge is 0.394 e. The van der Waals surface area contributed by atoms with Gasteiger partial charge in [-0.2, -0.15) is 0 Å². The van der Waals surface area contributed by atoms with Crippen LogP contribution in [0.1, 0.15) is 12.6 Å². The molecular formula is C9H14ClN3O5. The maximum Gasteiger partial charge on any atom is 0.330 e. The van der Waals surface area contributed by atoms with Gasteiger partial charge in [-0.3, -0.25) is 14.3 Å². The summed E-state index contributed by atoms with van der Waals surface area (Å²) in [5, 5.41) is 18.4. The van der Waals surface area contributed by atoms with Gasteiger partial charge in [0.15, 0.2) is 0 Å². The summed E-state index contributed by atoms with van der Waals surface area (Å²) in [4.78, 5) is 24.6. The molecule has 5 N–H and O–H groups in total. The molecule has 1 aliphatic rings. The molecule has 8 nitrogen and oxygen atoms in total. The van der Waals surface area contributed by atoms with Crippen LogP contribution in [0.15, 0.2) is 15.8 Å². The van der Waals surface area contributed by atoms with E-state index < -0.39 is 29.7 Å². The fourth-order valence-corrected chi connectivity index (χ4v) is 1.77. The number of nitrogens with one attached hydrogen (secondary N) is 1. The van der Waals surface area contributed by atoms with Crippen molar-refractivity contribution < 1.29 is 14.9 Å². The second-order valence-electron chi connectivity index (χ2n) is 3.87. The number of ether oxygens (including phenoxy) is 1. The van der Waals surface area contributed by atoms with Crippen molar-refractivity contribution in [3.05, 3.63) is 27.0 Å². The number of halogens is 1.